The highest BCUT2D eigenvalue weighted by molar-refractivity contribution is 7.26. The van der Waals surface area contributed by atoms with E-state index in [0.29, 0.717) is 0 Å². The van der Waals surface area contributed by atoms with Crippen LogP contribution in [-0.2, 0) is 0 Å². The van der Waals surface area contributed by atoms with Gasteiger partial charge in [-0.05, 0) is 164 Å². The van der Waals surface area contributed by atoms with E-state index in [1.54, 1.807) is 0 Å². The lowest BCUT2D eigenvalue weighted by molar-refractivity contribution is 1.56. The minimum atomic E-state index is 1.18. The van der Waals surface area contributed by atoms with Crippen LogP contribution < -0.4 is 0 Å². The molecule has 0 spiro atoms. The average molecular weight is 841 g/mol. The van der Waals surface area contributed by atoms with Crippen LogP contribution in [0.4, 0.5) is 0 Å². The first-order valence-corrected chi connectivity index (χ1v) is 23.2. The molecule has 0 saturated heterocycles. The van der Waals surface area contributed by atoms with Crippen LogP contribution in [0.15, 0.2) is 243 Å². The van der Waals surface area contributed by atoms with Crippen molar-refractivity contribution in [3.63, 3.8) is 0 Å². The lowest BCUT2D eigenvalue weighted by Crippen LogP contribution is -1.89. The topological polar surface area (TPSA) is 0 Å². The van der Waals surface area contributed by atoms with Crippen LogP contribution in [0.25, 0.3) is 130 Å². The van der Waals surface area contributed by atoms with Gasteiger partial charge in [0.05, 0.1) is 0 Å². The summed E-state index contributed by atoms with van der Waals surface area (Å²) in [5.41, 5.74) is 14.5. The van der Waals surface area contributed by atoms with E-state index in [0.717, 1.165) is 0 Å². The zero-order valence-corrected chi connectivity index (χ0v) is 36.3. The number of benzene rings is 12. The smallest absolute Gasteiger partial charge is 0.0433 e. The molecule has 0 bridgehead atoms. The summed E-state index contributed by atoms with van der Waals surface area (Å²) < 4.78 is 2.65. The second-order valence-corrected chi connectivity index (χ2v) is 18.3. The molecule has 0 atom stereocenters. The molecular formula is C64H40S. The summed E-state index contributed by atoms with van der Waals surface area (Å²) in [4.78, 5) is 0. The van der Waals surface area contributed by atoms with Crippen molar-refractivity contribution in [2.75, 3.05) is 0 Å². The molecule has 0 aliphatic rings. The van der Waals surface area contributed by atoms with Gasteiger partial charge in [0.15, 0.2) is 0 Å². The zero-order chi connectivity index (χ0) is 42.8. The molecule has 0 saturated carbocycles. The van der Waals surface area contributed by atoms with Crippen molar-refractivity contribution in [2.24, 2.45) is 0 Å². The molecule has 0 unspecified atom stereocenters. The van der Waals surface area contributed by atoms with Crippen LogP contribution >= 0.6 is 11.3 Å². The van der Waals surface area contributed by atoms with Crippen molar-refractivity contribution >= 4 is 74.6 Å². The van der Waals surface area contributed by atoms with Crippen LogP contribution in [0.2, 0.25) is 0 Å². The third kappa shape index (κ3) is 6.43. The maximum absolute atomic E-state index is 2.39. The summed E-state index contributed by atoms with van der Waals surface area (Å²) in [5.74, 6) is 0. The lowest BCUT2D eigenvalue weighted by atomic mass is 9.88. The van der Waals surface area contributed by atoms with Crippen LogP contribution in [0.3, 0.4) is 0 Å². The molecule has 0 N–H and O–H groups in total. The van der Waals surface area contributed by atoms with Crippen molar-refractivity contribution in [1.82, 2.24) is 0 Å². The summed E-state index contributed by atoms with van der Waals surface area (Å²) in [6.45, 7) is 0. The van der Waals surface area contributed by atoms with Crippen molar-refractivity contribution in [1.29, 1.82) is 0 Å². The highest BCUT2D eigenvalue weighted by Crippen LogP contribution is 2.43. The maximum Gasteiger partial charge on any atom is 0.0433 e. The largest absolute Gasteiger partial charge is 0.135 e. The molecule has 0 nitrogen and oxygen atoms in total. The SMILES string of the molecule is c1cc(-c2cc(-c3cccc(-c4cc5ccccc5c5ccccc45)c3)cc(-c3cccc(-c4cccc5c4sc4ccccc45)c3)c2)cc(-c2cc3ccccc3c3ccccc23)c1. The van der Waals surface area contributed by atoms with Crippen LogP contribution in [0.1, 0.15) is 0 Å². The van der Waals surface area contributed by atoms with E-state index in [9.17, 15) is 0 Å². The fourth-order valence-electron chi connectivity index (χ4n) is 10.3. The highest BCUT2D eigenvalue weighted by atomic mass is 32.1. The van der Waals surface area contributed by atoms with Gasteiger partial charge in [-0.15, -0.1) is 11.3 Å². The number of rotatable bonds is 6. The number of fused-ring (bicyclic) bond motifs is 9. The molecular weight excluding hydrogens is 801 g/mol. The highest BCUT2D eigenvalue weighted by Gasteiger charge is 2.16. The van der Waals surface area contributed by atoms with Crippen molar-refractivity contribution in [3.05, 3.63) is 243 Å². The first kappa shape index (κ1) is 37.5. The van der Waals surface area contributed by atoms with Crippen molar-refractivity contribution in [2.45, 2.75) is 0 Å². The molecule has 0 radical (unpaired) electrons. The van der Waals surface area contributed by atoms with E-state index in [4.69, 9.17) is 0 Å². The van der Waals surface area contributed by atoms with E-state index < -0.39 is 0 Å². The second kappa shape index (κ2) is 15.3. The Morgan fingerprint density at radius 2 is 0.554 bits per heavy atom. The van der Waals surface area contributed by atoms with Gasteiger partial charge in [-0.3, -0.25) is 0 Å². The van der Waals surface area contributed by atoms with Gasteiger partial charge in [-0.2, -0.15) is 0 Å². The molecule has 0 aliphatic carbocycles. The van der Waals surface area contributed by atoms with E-state index >= 15 is 0 Å². The van der Waals surface area contributed by atoms with E-state index in [-0.39, 0.29) is 0 Å². The van der Waals surface area contributed by atoms with E-state index in [1.807, 2.05) is 11.3 Å². The summed E-state index contributed by atoms with van der Waals surface area (Å²) in [7, 11) is 0. The molecule has 302 valence electrons. The standard InChI is InChI=1S/C64H40S/c1-3-23-52-47(15-1)39-61(57-27-7-5-25-55(52)57)45-21-12-18-42(34-45)50-36-49(41-17-11-20-44(33-41)54-30-14-31-60-59-29-9-10-32-63(59)65-64(54)60)37-51(38-50)43-19-13-22-46(35-43)62-40-48-16-2-4-24-53(48)56-26-6-8-28-58(56)62/h1-40H. The Kier molecular flexibility index (Phi) is 8.82. The maximum atomic E-state index is 2.39. The van der Waals surface area contributed by atoms with Gasteiger partial charge >= 0.3 is 0 Å². The van der Waals surface area contributed by atoms with Gasteiger partial charge in [0.25, 0.3) is 0 Å². The monoisotopic (exact) mass is 840 g/mol. The fourth-order valence-corrected chi connectivity index (χ4v) is 11.5. The molecule has 13 aromatic rings. The van der Waals surface area contributed by atoms with Gasteiger partial charge in [0, 0.05) is 20.2 Å². The van der Waals surface area contributed by atoms with Gasteiger partial charge in [0.1, 0.15) is 0 Å². The molecule has 65 heavy (non-hydrogen) atoms. The Hall–Kier alpha value is -8.10. The number of hydrogen-bond acceptors (Lipinski definition) is 1. The van der Waals surface area contributed by atoms with Crippen molar-refractivity contribution < 1.29 is 0 Å². The quantitative estimate of drug-likeness (QED) is 0.146. The Labute approximate surface area is 382 Å². The number of hydrogen-bond donors (Lipinski definition) is 0. The van der Waals surface area contributed by atoms with Gasteiger partial charge < -0.3 is 0 Å². The fraction of sp³-hybridized carbons (Fsp3) is 0. The number of thiophene rings is 1. The first-order chi connectivity index (χ1) is 32.2. The molecule has 13 rings (SSSR count). The van der Waals surface area contributed by atoms with Crippen LogP contribution in [0.5, 0.6) is 0 Å². The Morgan fingerprint density at radius 1 is 0.200 bits per heavy atom. The van der Waals surface area contributed by atoms with Gasteiger partial charge in [0.2, 0.25) is 0 Å². The third-order valence-electron chi connectivity index (χ3n) is 13.4. The van der Waals surface area contributed by atoms with E-state index in [2.05, 4.69) is 243 Å². The molecule has 0 amide bonds. The molecule has 12 aromatic carbocycles. The predicted molar refractivity (Wildman–Crippen MR) is 282 cm³/mol. The van der Waals surface area contributed by atoms with Gasteiger partial charge in [-0.1, -0.05) is 188 Å². The second-order valence-electron chi connectivity index (χ2n) is 17.2. The third-order valence-corrected chi connectivity index (χ3v) is 14.6. The lowest BCUT2D eigenvalue weighted by Gasteiger charge is -2.15. The predicted octanol–water partition coefficient (Wildman–Crippen LogP) is 18.7. The minimum absolute atomic E-state index is 1.18. The first-order valence-electron chi connectivity index (χ1n) is 22.4. The summed E-state index contributed by atoms with van der Waals surface area (Å²) in [5, 5.41) is 12.8. The minimum Gasteiger partial charge on any atom is -0.135 e. The zero-order valence-electron chi connectivity index (χ0n) is 35.5. The van der Waals surface area contributed by atoms with Gasteiger partial charge in [-0.25, -0.2) is 0 Å². The molecule has 1 aromatic heterocycles. The Morgan fingerprint density at radius 3 is 1.06 bits per heavy atom. The summed E-state index contributed by atoms with van der Waals surface area (Å²) in [6, 6.07) is 90.0. The van der Waals surface area contributed by atoms with Crippen molar-refractivity contribution in [3.8, 4) is 66.8 Å². The molecule has 0 aliphatic heterocycles. The molecule has 0 fully saturated rings. The van der Waals surface area contributed by atoms with E-state index in [1.165, 1.54) is 130 Å². The molecule has 1 heterocycles. The molecule has 1 heteroatoms. The van der Waals surface area contributed by atoms with Crippen LogP contribution in [0, 0.1) is 0 Å². The van der Waals surface area contributed by atoms with Crippen LogP contribution in [-0.4, -0.2) is 0 Å². The summed E-state index contributed by atoms with van der Waals surface area (Å²) >= 11 is 1.89. The normalized spacial score (nSPS) is 11.7. The Bertz CT molecular complexity index is 3840. The Balaban J connectivity index is 0.993. The summed E-state index contributed by atoms with van der Waals surface area (Å²) in [6.07, 6.45) is 0. The average Bonchev–Trinajstić information content (AvgIpc) is 3.77.